The van der Waals surface area contributed by atoms with Gasteiger partial charge in [0.1, 0.15) is 0 Å². The fourth-order valence-corrected chi connectivity index (χ4v) is 2.82. The highest BCUT2D eigenvalue weighted by Crippen LogP contribution is 2.39. The summed E-state index contributed by atoms with van der Waals surface area (Å²) in [6.45, 7) is 4.15. The van der Waals surface area contributed by atoms with Crippen LogP contribution in [0.2, 0.25) is 0 Å². The quantitative estimate of drug-likeness (QED) is 0.697. The fraction of sp³-hybridized carbons (Fsp3) is 0.909. The lowest BCUT2D eigenvalue weighted by atomic mass is 10.00. The molecule has 0 aromatic rings. The van der Waals surface area contributed by atoms with Crippen molar-refractivity contribution in [3.05, 3.63) is 0 Å². The lowest BCUT2D eigenvalue weighted by Crippen LogP contribution is -2.41. The van der Waals surface area contributed by atoms with E-state index in [0.29, 0.717) is 23.7 Å². The maximum Gasteiger partial charge on any atom is 0.225 e. The first-order chi connectivity index (χ1) is 6.72. The van der Waals surface area contributed by atoms with E-state index >= 15 is 0 Å². The molecular formula is C11H18BrNO. The van der Waals surface area contributed by atoms with Gasteiger partial charge in [0.05, 0.1) is 0 Å². The van der Waals surface area contributed by atoms with Crippen molar-refractivity contribution < 1.29 is 4.79 Å². The number of hydrogen-bond acceptors (Lipinski definition) is 1. The van der Waals surface area contributed by atoms with Crippen LogP contribution in [0.4, 0.5) is 0 Å². The minimum absolute atomic E-state index is 0.365. The molecule has 2 aliphatic rings. The van der Waals surface area contributed by atoms with Crippen molar-refractivity contribution in [3.63, 3.8) is 0 Å². The van der Waals surface area contributed by atoms with Crippen LogP contribution in [0.1, 0.15) is 26.2 Å². The van der Waals surface area contributed by atoms with E-state index in [9.17, 15) is 4.79 Å². The van der Waals surface area contributed by atoms with E-state index in [-0.39, 0.29) is 0 Å². The first kappa shape index (κ1) is 10.5. The highest BCUT2D eigenvalue weighted by Gasteiger charge is 2.42. The Labute approximate surface area is 94.2 Å². The number of nitrogens with zero attached hydrogens (tertiary/aromatic N) is 1. The number of piperidine rings is 1. The van der Waals surface area contributed by atoms with Crippen molar-refractivity contribution >= 4 is 21.8 Å². The van der Waals surface area contributed by atoms with Gasteiger partial charge in [0.15, 0.2) is 0 Å². The number of hydrogen-bond donors (Lipinski definition) is 0. The monoisotopic (exact) mass is 259 g/mol. The van der Waals surface area contributed by atoms with E-state index in [1.807, 2.05) is 0 Å². The van der Waals surface area contributed by atoms with Gasteiger partial charge in [0.25, 0.3) is 0 Å². The third-order valence-electron chi connectivity index (χ3n) is 3.48. The Morgan fingerprint density at radius 1 is 1.57 bits per heavy atom. The summed E-state index contributed by atoms with van der Waals surface area (Å²) >= 11 is 3.51. The molecule has 1 aliphatic heterocycles. The van der Waals surface area contributed by atoms with Crippen molar-refractivity contribution in [3.8, 4) is 0 Å². The Morgan fingerprint density at radius 3 is 2.86 bits per heavy atom. The Kier molecular flexibility index (Phi) is 3.15. The van der Waals surface area contributed by atoms with Gasteiger partial charge in [-0.15, -0.1) is 0 Å². The topological polar surface area (TPSA) is 20.3 Å². The maximum absolute atomic E-state index is 11.9. The van der Waals surface area contributed by atoms with E-state index in [1.54, 1.807) is 0 Å². The van der Waals surface area contributed by atoms with Gasteiger partial charge in [-0.05, 0) is 31.1 Å². The van der Waals surface area contributed by atoms with Crippen molar-refractivity contribution in [2.75, 3.05) is 18.4 Å². The van der Waals surface area contributed by atoms with Crippen LogP contribution < -0.4 is 0 Å². The van der Waals surface area contributed by atoms with Gasteiger partial charge in [-0.3, -0.25) is 4.79 Å². The van der Waals surface area contributed by atoms with Crippen LogP contribution in [0.5, 0.6) is 0 Å². The highest BCUT2D eigenvalue weighted by atomic mass is 79.9. The van der Waals surface area contributed by atoms with Gasteiger partial charge in [0.2, 0.25) is 5.91 Å². The molecule has 2 rings (SSSR count). The summed E-state index contributed by atoms with van der Waals surface area (Å²) in [7, 11) is 0. The molecule has 80 valence electrons. The van der Waals surface area contributed by atoms with Crippen molar-refractivity contribution in [1.82, 2.24) is 4.90 Å². The summed E-state index contributed by atoms with van der Waals surface area (Å²) in [5.41, 5.74) is 0. The van der Waals surface area contributed by atoms with Crippen molar-refractivity contribution in [2.45, 2.75) is 26.2 Å². The van der Waals surface area contributed by atoms with E-state index < -0.39 is 0 Å². The van der Waals surface area contributed by atoms with Gasteiger partial charge in [-0.25, -0.2) is 0 Å². The number of rotatable bonds is 2. The van der Waals surface area contributed by atoms with Crippen molar-refractivity contribution in [1.29, 1.82) is 0 Å². The molecule has 1 heterocycles. The molecule has 0 N–H and O–H groups in total. The molecule has 1 saturated carbocycles. The molecule has 1 amide bonds. The largest absolute Gasteiger partial charge is 0.342 e. The number of carbonyl (C=O) groups excluding carboxylic acids is 1. The van der Waals surface area contributed by atoms with Gasteiger partial charge in [0, 0.05) is 24.3 Å². The van der Waals surface area contributed by atoms with E-state index in [0.717, 1.165) is 24.8 Å². The summed E-state index contributed by atoms with van der Waals surface area (Å²) in [5.74, 6) is 2.11. The lowest BCUT2D eigenvalue weighted by Gasteiger charge is -2.32. The zero-order valence-electron chi connectivity index (χ0n) is 8.71. The molecular weight excluding hydrogens is 242 g/mol. The van der Waals surface area contributed by atoms with Gasteiger partial charge >= 0.3 is 0 Å². The molecule has 1 saturated heterocycles. The number of amides is 1. The molecule has 2 fully saturated rings. The van der Waals surface area contributed by atoms with Crippen LogP contribution in [-0.2, 0) is 4.79 Å². The highest BCUT2D eigenvalue weighted by molar-refractivity contribution is 9.09. The molecule has 14 heavy (non-hydrogen) atoms. The maximum atomic E-state index is 11.9. The van der Waals surface area contributed by atoms with Crippen LogP contribution in [-0.4, -0.2) is 29.2 Å². The van der Waals surface area contributed by atoms with E-state index in [2.05, 4.69) is 27.8 Å². The Hall–Kier alpha value is -0.0500. The lowest BCUT2D eigenvalue weighted by molar-refractivity contribution is -0.134. The summed E-state index contributed by atoms with van der Waals surface area (Å²) in [6.07, 6.45) is 3.58. The van der Waals surface area contributed by atoms with Crippen LogP contribution in [0.15, 0.2) is 0 Å². The molecule has 3 atom stereocenters. The minimum Gasteiger partial charge on any atom is -0.342 e. The van der Waals surface area contributed by atoms with Crippen LogP contribution in [0.25, 0.3) is 0 Å². The molecule has 0 radical (unpaired) electrons. The number of alkyl halides is 1. The van der Waals surface area contributed by atoms with Crippen LogP contribution in [0, 0.1) is 17.8 Å². The zero-order chi connectivity index (χ0) is 10.1. The van der Waals surface area contributed by atoms with Gasteiger partial charge in [-0.1, -0.05) is 22.9 Å². The van der Waals surface area contributed by atoms with E-state index in [4.69, 9.17) is 0 Å². The molecule has 3 heteroatoms. The second kappa shape index (κ2) is 4.21. The molecule has 0 spiro atoms. The third kappa shape index (κ3) is 2.13. The molecule has 2 nitrogen and oxygen atoms in total. The molecule has 0 aromatic heterocycles. The fourth-order valence-electron chi connectivity index (χ4n) is 2.29. The van der Waals surface area contributed by atoms with Crippen LogP contribution >= 0.6 is 15.9 Å². The standard InChI is InChI=1S/C11H18BrNO/c1-8-5-10(8)11(14)13-4-2-3-9(6-12)7-13/h8-10H,2-7H2,1H3. The number of likely N-dealkylation sites (tertiary alicyclic amines) is 1. The summed E-state index contributed by atoms with van der Waals surface area (Å²) < 4.78 is 0. The van der Waals surface area contributed by atoms with E-state index in [1.165, 1.54) is 12.8 Å². The number of carbonyl (C=O) groups is 1. The molecule has 0 aromatic carbocycles. The number of halogens is 1. The third-order valence-corrected chi connectivity index (χ3v) is 4.39. The average Bonchev–Trinajstić information content (AvgIpc) is 2.94. The van der Waals surface area contributed by atoms with Crippen LogP contribution in [0.3, 0.4) is 0 Å². The SMILES string of the molecule is CC1CC1C(=O)N1CCCC(CBr)C1. The Morgan fingerprint density at radius 2 is 2.29 bits per heavy atom. The zero-order valence-corrected chi connectivity index (χ0v) is 10.3. The average molecular weight is 260 g/mol. The van der Waals surface area contributed by atoms with Crippen molar-refractivity contribution in [2.24, 2.45) is 17.8 Å². The molecule has 0 bridgehead atoms. The predicted molar refractivity (Wildman–Crippen MR) is 60.4 cm³/mol. The van der Waals surface area contributed by atoms with Gasteiger partial charge < -0.3 is 4.90 Å². The molecule has 3 unspecified atom stereocenters. The Balaban J connectivity index is 1.87. The molecule has 1 aliphatic carbocycles. The minimum atomic E-state index is 0.365. The summed E-state index contributed by atoms with van der Waals surface area (Å²) in [6, 6.07) is 0. The van der Waals surface area contributed by atoms with Gasteiger partial charge in [-0.2, -0.15) is 0 Å². The normalized spacial score (nSPS) is 37.0. The second-order valence-corrected chi connectivity index (χ2v) is 5.41. The first-order valence-corrected chi connectivity index (χ1v) is 6.69. The summed E-state index contributed by atoms with van der Waals surface area (Å²) in [5, 5.41) is 1.04. The Bertz CT molecular complexity index is 231. The predicted octanol–water partition coefficient (Wildman–Crippen LogP) is 2.28. The first-order valence-electron chi connectivity index (χ1n) is 5.57. The smallest absolute Gasteiger partial charge is 0.225 e. The second-order valence-electron chi connectivity index (χ2n) is 4.77. The summed E-state index contributed by atoms with van der Waals surface area (Å²) in [4.78, 5) is 14.0.